The molecule has 0 unspecified atom stereocenters. The third-order valence-corrected chi connectivity index (χ3v) is 2.86. The lowest BCUT2D eigenvalue weighted by Gasteiger charge is -2.29. The zero-order chi connectivity index (χ0) is 15.1. The van der Waals surface area contributed by atoms with Gasteiger partial charge in [0.05, 0.1) is 0 Å². The van der Waals surface area contributed by atoms with Gasteiger partial charge in [-0.15, -0.1) is 0 Å². The molecule has 1 aliphatic rings. The number of carbonyl (C=O) groups is 3. The molecule has 9 nitrogen and oxygen atoms in total. The zero-order valence-electron chi connectivity index (χ0n) is 11.0. The van der Waals surface area contributed by atoms with E-state index in [0.29, 0.717) is 19.4 Å². The maximum atomic E-state index is 11.8. The molecule has 0 aromatic carbocycles. The van der Waals surface area contributed by atoms with Crippen LogP contribution in [-0.2, 0) is 14.4 Å². The number of nitrogens with two attached hydrogens (primary N) is 2. The minimum Gasteiger partial charge on any atom is -0.481 e. The summed E-state index contributed by atoms with van der Waals surface area (Å²) in [4.78, 5) is 37.7. The minimum atomic E-state index is -1.01. The van der Waals surface area contributed by atoms with Crippen LogP contribution in [-0.4, -0.2) is 47.5 Å². The second-order valence-corrected chi connectivity index (χ2v) is 4.50. The molecule has 1 saturated heterocycles. The van der Waals surface area contributed by atoms with Crippen LogP contribution in [0, 0.1) is 0 Å². The quantitative estimate of drug-likeness (QED) is 0.204. The summed E-state index contributed by atoms with van der Waals surface area (Å²) in [6.45, 7) is 0.379. The van der Waals surface area contributed by atoms with Crippen molar-refractivity contribution in [2.75, 3.05) is 6.54 Å². The molecule has 0 aromatic rings. The molecule has 0 aliphatic carbocycles. The lowest BCUT2D eigenvalue weighted by atomic mass is 10.0. The molecule has 0 spiro atoms. The average Bonchev–Trinajstić information content (AvgIpc) is 2.36. The van der Waals surface area contributed by atoms with Crippen molar-refractivity contribution in [3.8, 4) is 0 Å². The van der Waals surface area contributed by atoms with E-state index in [9.17, 15) is 14.4 Å². The van der Waals surface area contributed by atoms with Crippen LogP contribution in [0.25, 0.3) is 0 Å². The summed E-state index contributed by atoms with van der Waals surface area (Å²) >= 11 is 0. The van der Waals surface area contributed by atoms with Gasteiger partial charge in [0.2, 0.25) is 11.8 Å². The fourth-order valence-corrected chi connectivity index (χ4v) is 1.85. The number of piperazine rings is 1. The molecule has 2 amide bonds. The normalized spacial score (nSPS) is 21.8. The van der Waals surface area contributed by atoms with Gasteiger partial charge in [-0.1, -0.05) is 0 Å². The standard InChI is InChI=1S/C11H19N5O4/c12-11(13)14-5-1-2-6-9(19)16-7(10(20)15-6)3-4-8(17)18/h6-7H,1-5H2,(H,15,20)(H,16,19)(H,17,18)(H4,12,13,14)/t6-,7-/m0/s1. The predicted molar refractivity (Wildman–Crippen MR) is 70.6 cm³/mol. The minimum absolute atomic E-state index is 0.0177. The topological polar surface area (TPSA) is 160 Å². The Labute approximate surface area is 115 Å². The van der Waals surface area contributed by atoms with Crippen molar-refractivity contribution in [2.45, 2.75) is 37.8 Å². The monoisotopic (exact) mass is 285 g/mol. The summed E-state index contributed by atoms with van der Waals surface area (Å²) in [6.07, 6.45) is 0.872. The van der Waals surface area contributed by atoms with E-state index < -0.39 is 18.1 Å². The van der Waals surface area contributed by atoms with Crippen LogP contribution in [0.15, 0.2) is 4.99 Å². The molecule has 1 heterocycles. The number of guanidine groups is 1. The fraction of sp³-hybridized carbons (Fsp3) is 0.636. The highest BCUT2D eigenvalue weighted by molar-refractivity contribution is 5.97. The molecular weight excluding hydrogens is 266 g/mol. The van der Waals surface area contributed by atoms with Crippen LogP contribution in [0.3, 0.4) is 0 Å². The molecule has 1 rings (SSSR count). The van der Waals surface area contributed by atoms with Crippen molar-refractivity contribution in [3.63, 3.8) is 0 Å². The smallest absolute Gasteiger partial charge is 0.303 e. The van der Waals surface area contributed by atoms with Crippen molar-refractivity contribution in [3.05, 3.63) is 0 Å². The van der Waals surface area contributed by atoms with Gasteiger partial charge in [0.15, 0.2) is 5.96 Å². The van der Waals surface area contributed by atoms with Gasteiger partial charge in [0.25, 0.3) is 0 Å². The van der Waals surface area contributed by atoms with Crippen molar-refractivity contribution < 1.29 is 19.5 Å². The van der Waals surface area contributed by atoms with Crippen LogP contribution >= 0.6 is 0 Å². The number of amides is 2. The first kappa shape index (κ1) is 15.7. The molecule has 9 heteroatoms. The fourth-order valence-electron chi connectivity index (χ4n) is 1.85. The van der Waals surface area contributed by atoms with Crippen molar-refractivity contribution in [2.24, 2.45) is 16.5 Å². The molecule has 7 N–H and O–H groups in total. The number of hydrogen-bond donors (Lipinski definition) is 5. The largest absolute Gasteiger partial charge is 0.481 e. The number of carbonyl (C=O) groups excluding carboxylic acids is 2. The van der Waals surface area contributed by atoms with Gasteiger partial charge in [-0.3, -0.25) is 19.4 Å². The summed E-state index contributed by atoms with van der Waals surface area (Å²) < 4.78 is 0. The van der Waals surface area contributed by atoms with Crippen LogP contribution in [0.2, 0.25) is 0 Å². The van der Waals surface area contributed by atoms with E-state index in [1.165, 1.54) is 0 Å². The first-order valence-electron chi connectivity index (χ1n) is 6.28. The van der Waals surface area contributed by atoms with Gasteiger partial charge < -0.3 is 27.2 Å². The summed E-state index contributed by atoms with van der Waals surface area (Å²) in [5.41, 5.74) is 10.3. The number of nitrogens with zero attached hydrogens (tertiary/aromatic N) is 1. The van der Waals surface area contributed by atoms with E-state index in [1.807, 2.05) is 0 Å². The summed E-state index contributed by atoms with van der Waals surface area (Å²) in [6, 6.07) is -1.41. The third-order valence-electron chi connectivity index (χ3n) is 2.86. The number of nitrogens with one attached hydrogen (secondary N) is 2. The Balaban J connectivity index is 2.39. The number of carboxylic acids is 1. The van der Waals surface area contributed by atoms with Gasteiger partial charge in [-0.25, -0.2) is 0 Å². The summed E-state index contributed by atoms with van der Waals surface area (Å²) in [7, 11) is 0. The van der Waals surface area contributed by atoms with E-state index in [4.69, 9.17) is 16.6 Å². The Morgan fingerprint density at radius 1 is 1.15 bits per heavy atom. The summed E-state index contributed by atoms with van der Waals surface area (Å²) in [5, 5.41) is 13.7. The Bertz CT molecular complexity index is 419. The van der Waals surface area contributed by atoms with Gasteiger partial charge in [-0.2, -0.15) is 0 Å². The maximum Gasteiger partial charge on any atom is 0.303 e. The number of aliphatic carboxylic acids is 1. The van der Waals surface area contributed by atoms with Crippen LogP contribution < -0.4 is 22.1 Å². The van der Waals surface area contributed by atoms with Gasteiger partial charge in [-0.05, 0) is 19.3 Å². The van der Waals surface area contributed by atoms with Crippen LogP contribution in [0.5, 0.6) is 0 Å². The second-order valence-electron chi connectivity index (χ2n) is 4.50. The molecule has 112 valence electrons. The molecular formula is C11H19N5O4. The third kappa shape index (κ3) is 5.12. The Hall–Kier alpha value is -2.32. The molecule has 0 bridgehead atoms. The van der Waals surface area contributed by atoms with E-state index in [0.717, 1.165) is 0 Å². The molecule has 0 saturated carbocycles. The lowest BCUT2D eigenvalue weighted by Crippen LogP contribution is -2.61. The maximum absolute atomic E-state index is 11.8. The first-order chi connectivity index (χ1) is 9.40. The summed E-state index contributed by atoms with van der Waals surface area (Å²) in [5.74, 6) is -1.70. The zero-order valence-corrected chi connectivity index (χ0v) is 11.0. The highest BCUT2D eigenvalue weighted by Crippen LogP contribution is 2.08. The van der Waals surface area contributed by atoms with Crippen LogP contribution in [0.4, 0.5) is 0 Å². The molecule has 2 atom stereocenters. The SMILES string of the molecule is NC(N)=NCCC[C@@H]1NC(=O)[C@H](CCC(=O)O)NC1=O. The number of hydrogen-bond acceptors (Lipinski definition) is 4. The Morgan fingerprint density at radius 3 is 2.20 bits per heavy atom. The lowest BCUT2D eigenvalue weighted by molar-refractivity contribution is -0.140. The van der Waals surface area contributed by atoms with Crippen molar-refractivity contribution in [1.29, 1.82) is 0 Å². The highest BCUT2D eigenvalue weighted by Gasteiger charge is 2.33. The second kappa shape index (κ2) is 7.31. The van der Waals surface area contributed by atoms with E-state index in [-0.39, 0.29) is 30.6 Å². The van der Waals surface area contributed by atoms with Gasteiger partial charge in [0.1, 0.15) is 12.1 Å². The highest BCUT2D eigenvalue weighted by atomic mass is 16.4. The van der Waals surface area contributed by atoms with Crippen molar-refractivity contribution >= 4 is 23.7 Å². The number of carboxylic acid groups (broad SMARTS) is 1. The predicted octanol–water partition coefficient (Wildman–Crippen LogP) is -2.11. The van der Waals surface area contributed by atoms with E-state index in [1.54, 1.807) is 0 Å². The first-order valence-corrected chi connectivity index (χ1v) is 6.28. The number of aliphatic imine (C=N–C) groups is 1. The molecule has 0 aromatic heterocycles. The van der Waals surface area contributed by atoms with Crippen LogP contribution in [0.1, 0.15) is 25.7 Å². The molecule has 1 fully saturated rings. The van der Waals surface area contributed by atoms with E-state index >= 15 is 0 Å². The number of rotatable bonds is 7. The van der Waals surface area contributed by atoms with Crippen molar-refractivity contribution in [1.82, 2.24) is 10.6 Å². The van der Waals surface area contributed by atoms with Gasteiger partial charge in [0, 0.05) is 13.0 Å². The molecule has 1 aliphatic heterocycles. The van der Waals surface area contributed by atoms with Gasteiger partial charge >= 0.3 is 5.97 Å². The molecule has 20 heavy (non-hydrogen) atoms. The Kier molecular flexibility index (Phi) is 5.75. The van der Waals surface area contributed by atoms with E-state index in [2.05, 4.69) is 15.6 Å². The average molecular weight is 285 g/mol. The molecule has 0 radical (unpaired) electrons. The Morgan fingerprint density at radius 2 is 1.70 bits per heavy atom.